The Morgan fingerprint density at radius 1 is 0.905 bits per heavy atom. The molecule has 0 N–H and O–H groups in total. The Kier molecular flexibility index (Phi) is 4.05. The Hall–Kier alpha value is -1.70. The average molecular weight is 317 g/mol. The van der Waals surface area contributed by atoms with Crippen LogP contribution in [0.25, 0.3) is 10.8 Å². The maximum atomic E-state index is 6.23. The van der Waals surface area contributed by atoms with Gasteiger partial charge in [-0.15, -0.1) is 11.6 Å². The maximum Gasteiger partial charge on any atom is 0.135 e. The van der Waals surface area contributed by atoms with Crippen molar-refractivity contribution in [3.8, 4) is 11.5 Å². The Bertz CT molecular complexity index is 796. The van der Waals surface area contributed by atoms with E-state index in [1.807, 2.05) is 61.5 Å². The van der Waals surface area contributed by atoms with Gasteiger partial charge in [0.25, 0.3) is 0 Å². The predicted molar refractivity (Wildman–Crippen MR) is 89.8 cm³/mol. The third-order valence-electron chi connectivity index (χ3n) is 3.41. The lowest BCUT2D eigenvalue weighted by Gasteiger charge is -2.13. The Morgan fingerprint density at radius 2 is 1.62 bits per heavy atom. The summed E-state index contributed by atoms with van der Waals surface area (Å²) in [6.07, 6.45) is 0. The van der Waals surface area contributed by atoms with Gasteiger partial charge in [-0.25, -0.2) is 0 Å². The highest BCUT2D eigenvalue weighted by Gasteiger charge is 2.09. The minimum absolute atomic E-state index is 0.419. The summed E-state index contributed by atoms with van der Waals surface area (Å²) in [6, 6.07) is 17.7. The lowest BCUT2D eigenvalue weighted by molar-refractivity contribution is 0.484. The fraction of sp³-hybridized carbons (Fsp3) is 0.111. The molecule has 0 amide bonds. The molecule has 0 aliphatic carbocycles. The zero-order chi connectivity index (χ0) is 14.8. The second-order valence-electron chi connectivity index (χ2n) is 4.94. The van der Waals surface area contributed by atoms with Gasteiger partial charge in [-0.1, -0.05) is 53.6 Å². The summed E-state index contributed by atoms with van der Waals surface area (Å²) < 4.78 is 6.08. The van der Waals surface area contributed by atoms with Crippen molar-refractivity contribution in [1.82, 2.24) is 0 Å². The van der Waals surface area contributed by atoms with E-state index in [1.165, 1.54) is 5.56 Å². The van der Waals surface area contributed by atoms with Gasteiger partial charge in [-0.05, 0) is 25.1 Å². The third kappa shape index (κ3) is 2.85. The Labute approximate surface area is 134 Å². The topological polar surface area (TPSA) is 9.23 Å². The van der Waals surface area contributed by atoms with Crippen molar-refractivity contribution in [3.05, 3.63) is 70.7 Å². The predicted octanol–water partition coefficient (Wildman–Crippen LogP) is 6.33. The number of ether oxygens (including phenoxy) is 1. The van der Waals surface area contributed by atoms with Crippen LogP contribution >= 0.6 is 23.2 Å². The first-order chi connectivity index (χ1) is 10.2. The van der Waals surface area contributed by atoms with E-state index in [-0.39, 0.29) is 0 Å². The van der Waals surface area contributed by atoms with E-state index in [0.29, 0.717) is 5.88 Å². The number of fused-ring (bicyclic) bond motifs is 1. The molecule has 3 aromatic rings. The summed E-state index contributed by atoms with van der Waals surface area (Å²) in [5.41, 5.74) is 2.15. The molecule has 3 rings (SSSR count). The molecule has 21 heavy (non-hydrogen) atoms. The van der Waals surface area contributed by atoms with Crippen LogP contribution in [0.4, 0.5) is 0 Å². The Balaban J connectivity index is 2.09. The molecule has 3 aromatic carbocycles. The first-order valence-electron chi connectivity index (χ1n) is 6.69. The number of hydrogen-bond acceptors (Lipinski definition) is 1. The molecule has 0 aliphatic heterocycles. The average Bonchev–Trinajstić information content (AvgIpc) is 2.52. The second kappa shape index (κ2) is 5.97. The van der Waals surface area contributed by atoms with Gasteiger partial charge in [0.15, 0.2) is 0 Å². The van der Waals surface area contributed by atoms with Crippen LogP contribution in [0, 0.1) is 6.92 Å². The summed E-state index contributed by atoms with van der Waals surface area (Å²) in [5.74, 6) is 1.98. The van der Waals surface area contributed by atoms with E-state index in [2.05, 4.69) is 0 Å². The minimum Gasteiger partial charge on any atom is -0.456 e. The van der Waals surface area contributed by atoms with E-state index < -0.39 is 0 Å². The van der Waals surface area contributed by atoms with Crippen LogP contribution in [-0.4, -0.2) is 0 Å². The molecule has 3 heteroatoms. The standard InChI is InChI=1S/C18H14Cl2O/c1-12-6-8-17(13(10-12)11-19)21-18-9-7-16(20)14-4-2-3-5-15(14)18/h2-10H,11H2,1H3. The summed E-state index contributed by atoms with van der Waals surface area (Å²) in [5, 5.41) is 2.70. The molecule has 0 saturated heterocycles. The molecule has 0 bridgehead atoms. The summed E-state index contributed by atoms with van der Waals surface area (Å²) in [4.78, 5) is 0. The zero-order valence-electron chi connectivity index (χ0n) is 11.6. The van der Waals surface area contributed by atoms with Crippen LogP contribution in [0.2, 0.25) is 5.02 Å². The maximum absolute atomic E-state index is 6.23. The molecule has 0 atom stereocenters. The molecule has 0 heterocycles. The molecule has 0 aromatic heterocycles. The number of hydrogen-bond donors (Lipinski definition) is 0. The third-order valence-corrected chi connectivity index (χ3v) is 4.03. The van der Waals surface area contributed by atoms with Gasteiger partial charge in [0.05, 0.1) is 5.88 Å². The lowest BCUT2D eigenvalue weighted by atomic mass is 10.1. The highest BCUT2D eigenvalue weighted by atomic mass is 35.5. The molecule has 0 saturated carbocycles. The van der Waals surface area contributed by atoms with Crippen LogP contribution in [0.5, 0.6) is 11.5 Å². The number of benzene rings is 3. The normalized spacial score (nSPS) is 10.8. The van der Waals surface area contributed by atoms with Crippen molar-refractivity contribution in [3.63, 3.8) is 0 Å². The number of alkyl halides is 1. The smallest absolute Gasteiger partial charge is 0.135 e. The van der Waals surface area contributed by atoms with Crippen LogP contribution in [0.1, 0.15) is 11.1 Å². The molecule has 0 unspecified atom stereocenters. The van der Waals surface area contributed by atoms with Crippen LogP contribution in [0.15, 0.2) is 54.6 Å². The molecular formula is C18H14Cl2O. The van der Waals surface area contributed by atoms with Gasteiger partial charge >= 0.3 is 0 Å². The first kappa shape index (κ1) is 14.2. The Morgan fingerprint density at radius 3 is 2.38 bits per heavy atom. The van der Waals surface area contributed by atoms with Crippen LogP contribution in [-0.2, 0) is 5.88 Å². The zero-order valence-corrected chi connectivity index (χ0v) is 13.1. The van der Waals surface area contributed by atoms with Crippen molar-refractivity contribution in [1.29, 1.82) is 0 Å². The van der Waals surface area contributed by atoms with Crippen molar-refractivity contribution < 1.29 is 4.74 Å². The molecule has 106 valence electrons. The van der Waals surface area contributed by atoms with Crippen molar-refractivity contribution in [2.24, 2.45) is 0 Å². The summed E-state index contributed by atoms with van der Waals surface area (Å²) >= 11 is 12.2. The van der Waals surface area contributed by atoms with Gasteiger partial charge in [0.2, 0.25) is 0 Å². The highest BCUT2D eigenvalue weighted by Crippen LogP contribution is 2.35. The second-order valence-corrected chi connectivity index (χ2v) is 5.61. The quantitative estimate of drug-likeness (QED) is 0.513. The molecule has 0 radical (unpaired) electrons. The molecule has 1 nitrogen and oxygen atoms in total. The fourth-order valence-electron chi connectivity index (χ4n) is 2.35. The van der Waals surface area contributed by atoms with Gasteiger partial charge < -0.3 is 4.74 Å². The van der Waals surface area contributed by atoms with Gasteiger partial charge in [-0.2, -0.15) is 0 Å². The molecular weight excluding hydrogens is 303 g/mol. The fourth-order valence-corrected chi connectivity index (χ4v) is 2.79. The van der Waals surface area contributed by atoms with Crippen molar-refractivity contribution in [2.75, 3.05) is 0 Å². The first-order valence-corrected chi connectivity index (χ1v) is 7.61. The summed E-state index contributed by atoms with van der Waals surface area (Å²) in [6.45, 7) is 2.04. The molecule has 0 aliphatic rings. The van der Waals surface area contributed by atoms with E-state index in [9.17, 15) is 0 Å². The lowest BCUT2D eigenvalue weighted by Crippen LogP contribution is -1.91. The van der Waals surface area contributed by atoms with Crippen molar-refractivity contribution >= 4 is 34.0 Å². The largest absolute Gasteiger partial charge is 0.456 e. The van der Waals surface area contributed by atoms with Gasteiger partial charge in [0.1, 0.15) is 11.5 Å². The summed E-state index contributed by atoms with van der Waals surface area (Å²) in [7, 11) is 0. The monoisotopic (exact) mass is 316 g/mol. The van der Waals surface area contributed by atoms with E-state index in [1.54, 1.807) is 0 Å². The van der Waals surface area contributed by atoms with E-state index in [4.69, 9.17) is 27.9 Å². The SMILES string of the molecule is Cc1ccc(Oc2ccc(Cl)c3ccccc23)c(CCl)c1. The molecule has 0 spiro atoms. The molecule has 0 fully saturated rings. The van der Waals surface area contributed by atoms with Crippen LogP contribution < -0.4 is 4.74 Å². The van der Waals surface area contributed by atoms with E-state index in [0.717, 1.165) is 32.9 Å². The number of halogens is 2. The minimum atomic E-state index is 0.419. The number of aryl methyl sites for hydroxylation is 1. The van der Waals surface area contributed by atoms with E-state index >= 15 is 0 Å². The van der Waals surface area contributed by atoms with Crippen LogP contribution in [0.3, 0.4) is 0 Å². The number of rotatable bonds is 3. The van der Waals surface area contributed by atoms with Gasteiger partial charge in [-0.3, -0.25) is 0 Å². The van der Waals surface area contributed by atoms with Gasteiger partial charge in [0, 0.05) is 21.4 Å². The van der Waals surface area contributed by atoms with Crippen molar-refractivity contribution in [2.45, 2.75) is 12.8 Å². The highest BCUT2D eigenvalue weighted by molar-refractivity contribution is 6.35.